The molecule has 1 atom stereocenters. The molecule has 0 spiro atoms. The van der Waals surface area contributed by atoms with E-state index in [9.17, 15) is 4.79 Å². The van der Waals surface area contributed by atoms with E-state index in [0.717, 1.165) is 24.2 Å². The minimum absolute atomic E-state index is 0.0439. The number of hydrogen-bond donors (Lipinski definition) is 2. The summed E-state index contributed by atoms with van der Waals surface area (Å²) in [5, 5.41) is 2.83. The first-order valence-corrected chi connectivity index (χ1v) is 11.6. The van der Waals surface area contributed by atoms with Crippen LogP contribution >= 0.6 is 0 Å². The van der Waals surface area contributed by atoms with Crippen molar-refractivity contribution in [1.29, 1.82) is 0 Å². The van der Waals surface area contributed by atoms with E-state index in [0.29, 0.717) is 5.69 Å². The molecule has 33 heavy (non-hydrogen) atoms. The first-order chi connectivity index (χ1) is 16.9. The van der Waals surface area contributed by atoms with E-state index in [1.54, 1.807) is 19.2 Å². The Morgan fingerprint density at radius 2 is 1.91 bits per heavy atom. The highest BCUT2D eigenvalue weighted by molar-refractivity contribution is 6.03. The topological polar surface area (TPSA) is 79.9 Å². The van der Waals surface area contributed by atoms with Crippen molar-refractivity contribution in [1.82, 2.24) is 15.0 Å². The van der Waals surface area contributed by atoms with Gasteiger partial charge < -0.3 is 15.0 Å². The average Bonchev–Trinajstić information content (AvgIpc) is 3.17. The number of allylic oxidation sites excluding steroid dienone is 2. The van der Waals surface area contributed by atoms with Crippen LogP contribution in [0.3, 0.4) is 0 Å². The summed E-state index contributed by atoms with van der Waals surface area (Å²) in [5.74, 6) is -0.308. The van der Waals surface area contributed by atoms with Crippen LogP contribution in [0.15, 0.2) is 24.4 Å². The highest BCUT2D eigenvalue weighted by atomic mass is 16.5. The third-order valence-corrected chi connectivity index (χ3v) is 6.09. The van der Waals surface area contributed by atoms with Crippen molar-refractivity contribution in [2.24, 2.45) is 5.41 Å². The fourth-order valence-electron chi connectivity index (χ4n) is 4.84. The molecule has 1 amide bonds. The molecule has 2 aromatic heterocycles. The molecule has 1 aliphatic carbocycles. The van der Waals surface area contributed by atoms with Gasteiger partial charge in [-0.1, -0.05) is 19.9 Å². The van der Waals surface area contributed by atoms with Crippen LogP contribution in [-0.4, -0.2) is 32.1 Å². The number of carbonyl (C=O) groups is 1. The van der Waals surface area contributed by atoms with Crippen molar-refractivity contribution in [3.63, 3.8) is 0 Å². The van der Waals surface area contributed by atoms with Crippen LogP contribution in [-0.2, 0) is 4.74 Å². The maximum absolute atomic E-state index is 13.0. The molecule has 0 saturated carbocycles. The summed E-state index contributed by atoms with van der Waals surface area (Å²) in [7, 11) is 0. The predicted octanol–water partition coefficient (Wildman–Crippen LogP) is 6.41. The Morgan fingerprint density at radius 3 is 2.55 bits per heavy atom. The van der Waals surface area contributed by atoms with Crippen LogP contribution in [0.1, 0.15) is 113 Å². The number of H-pyrrole nitrogens is 1. The van der Waals surface area contributed by atoms with Crippen LogP contribution < -0.4 is 5.32 Å². The molecule has 6 heteroatoms. The van der Waals surface area contributed by atoms with Crippen molar-refractivity contribution in [3.8, 4) is 0 Å². The molecule has 4 rings (SSSR count). The summed E-state index contributed by atoms with van der Waals surface area (Å²) in [5.41, 5.74) is 0.609. The Balaban J connectivity index is 1.85. The Labute approximate surface area is 203 Å². The zero-order valence-corrected chi connectivity index (χ0v) is 20.7. The molecule has 2 aromatic rings. The van der Waals surface area contributed by atoms with Crippen molar-refractivity contribution < 1.29 is 15.0 Å². The summed E-state index contributed by atoms with van der Waals surface area (Å²) < 4.78 is 41.6. The van der Waals surface area contributed by atoms with Crippen molar-refractivity contribution in [2.75, 3.05) is 5.32 Å². The van der Waals surface area contributed by atoms with Gasteiger partial charge in [0.1, 0.15) is 0 Å². The number of nitrogens with one attached hydrogen (secondary N) is 2. The van der Waals surface area contributed by atoms with Crippen LogP contribution in [0.4, 0.5) is 5.69 Å². The number of pyridine rings is 1. The smallest absolute Gasteiger partial charge is 0.291 e. The van der Waals surface area contributed by atoms with Gasteiger partial charge in [0.05, 0.1) is 24.0 Å². The molecule has 0 bridgehead atoms. The Bertz CT molecular complexity index is 1230. The van der Waals surface area contributed by atoms with E-state index in [-0.39, 0.29) is 46.7 Å². The summed E-state index contributed by atoms with van der Waals surface area (Å²) in [6.45, 7) is 13.6. The first kappa shape index (κ1) is 18.9. The molecular weight excluding hydrogens is 412 g/mol. The number of amides is 1. The van der Waals surface area contributed by atoms with Crippen LogP contribution in [0, 0.1) is 12.3 Å². The zero-order valence-electron chi connectivity index (χ0n) is 24.7. The predicted molar refractivity (Wildman–Crippen MR) is 132 cm³/mol. The second kappa shape index (κ2) is 8.39. The molecule has 2 N–H and O–H groups in total. The molecule has 3 heterocycles. The molecule has 1 unspecified atom stereocenters. The van der Waals surface area contributed by atoms with Gasteiger partial charge in [-0.3, -0.25) is 9.78 Å². The van der Waals surface area contributed by atoms with E-state index < -0.39 is 24.1 Å². The molecule has 178 valence electrons. The minimum Gasteiger partial charge on any atom is -0.370 e. The third kappa shape index (κ3) is 5.55. The molecular formula is C27H38N4O2. The number of carbonyl (C=O) groups excluding carboxylic acids is 1. The molecule has 1 saturated heterocycles. The Hall–Kier alpha value is -2.47. The highest BCUT2D eigenvalue weighted by Crippen LogP contribution is 2.44. The van der Waals surface area contributed by atoms with Gasteiger partial charge in [-0.05, 0) is 89.8 Å². The minimum atomic E-state index is -2.14. The zero-order chi connectivity index (χ0) is 27.6. The standard InChI is InChI=1S/C27H38N4O2/c1-17-16-28-23(29-17)24(32)31-21-9-8-20(19-14-26(4,5)33-27(6,7)15-19)30-22(21)18-10-12-25(2,3)13-11-18/h8-10,16,19H,11-15H2,1-7H3,(H,28,29)(H,31,32)/i10D,11D2,13D. The van der Waals surface area contributed by atoms with Gasteiger partial charge in [0.25, 0.3) is 5.91 Å². The van der Waals surface area contributed by atoms with Crippen LogP contribution in [0.5, 0.6) is 0 Å². The first-order valence-electron chi connectivity index (χ1n) is 13.7. The Kier molecular flexibility index (Phi) is 4.80. The van der Waals surface area contributed by atoms with E-state index in [1.807, 2.05) is 19.9 Å². The highest BCUT2D eigenvalue weighted by Gasteiger charge is 2.40. The normalized spacial score (nSPS) is 27.8. The summed E-state index contributed by atoms with van der Waals surface area (Å²) in [6, 6.07) is 3.69. The third-order valence-electron chi connectivity index (χ3n) is 6.09. The second-order valence-electron chi connectivity index (χ2n) is 11.2. The lowest BCUT2D eigenvalue weighted by Gasteiger charge is -2.45. The number of anilines is 1. The fourth-order valence-corrected chi connectivity index (χ4v) is 4.84. The molecule has 1 fully saturated rings. The SMILES string of the molecule is [2H]C1=C(c2nc(C3CC(C)(C)OC(C)(C)C3)ccc2NC(=O)c2ncc(C)[nH]2)C([2H])([2H])C([2H])C(C)(C)C1. The van der Waals surface area contributed by atoms with Crippen LogP contribution in [0.2, 0.25) is 0 Å². The number of aryl methyl sites for hydroxylation is 1. The monoisotopic (exact) mass is 454 g/mol. The molecule has 1 aliphatic heterocycles. The quantitative estimate of drug-likeness (QED) is 0.559. The maximum atomic E-state index is 13.0. The van der Waals surface area contributed by atoms with Crippen molar-refractivity contribution in [3.05, 3.63) is 47.3 Å². The number of imidazole rings is 1. The maximum Gasteiger partial charge on any atom is 0.291 e. The van der Waals surface area contributed by atoms with Gasteiger partial charge in [0.15, 0.2) is 5.82 Å². The van der Waals surface area contributed by atoms with Crippen LogP contribution in [0.25, 0.3) is 5.57 Å². The number of aromatic amines is 1. The number of hydrogen-bond acceptors (Lipinski definition) is 4. The molecule has 2 aliphatic rings. The summed E-state index contributed by atoms with van der Waals surface area (Å²) in [4.78, 5) is 24.9. The van der Waals surface area contributed by atoms with E-state index >= 15 is 0 Å². The van der Waals surface area contributed by atoms with Gasteiger partial charge >= 0.3 is 0 Å². The number of nitrogens with zero attached hydrogens (tertiary/aromatic N) is 2. The van der Waals surface area contributed by atoms with Gasteiger partial charge in [-0.2, -0.15) is 0 Å². The fraction of sp³-hybridized carbons (Fsp3) is 0.593. The lowest BCUT2D eigenvalue weighted by atomic mass is 9.77. The van der Waals surface area contributed by atoms with Gasteiger partial charge in [-0.15, -0.1) is 0 Å². The molecule has 0 radical (unpaired) electrons. The largest absolute Gasteiger partial charge is 0.370 e. The van der Waals surface area contributed by atoms with Gasteiger partial charge in [0, 0.05) is 27.6 Å². The van der Waals surface area contributed by atoms with Crippen molar-refractivity contribution in [2.45, 2.75) is 97.6 Å². The molecule has 6 nitrogen and oxygen atoms in total. The Morgan fingerprint density at radius 1 is 1.21 bits per heavy atom. The lowest BCUT2D eigenvalue weighted by Crippen LogP contribution is -2.44. The molecule has 0 aromatic carbocycles. The van der Waals surface area contributed by atoms with E-state index in [2.05, 4.69) is 43.0 Å². The average molecular weight is 455 g/mol. The number of rotatable bonds is 4. The number of ether oxygens (including phenoxy) is 1. The lowest BCUT2D eigenvalue weighted by molar-refractivity contribution is -0.162. The van der Waals surface area contributed by atoms with E-state index in [1.165, 1.54) is 0 Å². The van der Waals surface area contributed by atoms with Gasteiger partial charge in [0.2, 0.25) is 0 Å². The van der Waals surface area contributed by atoms with Crippen molar-refractivity contribution >= 4 is 17.2 Å². The second-order valence-corrected chi connectivity index (χ2v) is 11.2. The van der Waals surface area contributed by atoms with Gasteiger partial charge in [-0.25, -0.2) is 4.98 Å². The number of aromatic nitrogens is 3. The van der Waals surface area contributed by atoms with E-state index in [4.69, 9.17) is 15.2 Å². The summed E-state index contributed by atoms with van der Waals surface area (Å²) >= 11 is 0. The summed E-state index contributed by atoms with van der Waals surface area (Å²) in [6.07, 6.45) is 0.0145.